The molecule has 0 atom stereocenters. The lowest BCUT2D eigenvalue weighted by Crippen LogP contribution is -2.36. The maximum absolute atomic E-state index is 5.58. The molecular weight excluding hydrogens is 166 g/mol. The lowest BCUT2D eigenvalue weighted by atomic mass is 9.79. The van der Waals surface area contributed by atoms with Crippen LogP contribution in [0.25, 0.3) is 0 Å². The Bertz CT molecular complexity index is 66.2. The van der Waals surface area contributed by atoms with Crippen LogP contribution in [0.1, 0.15) is 19.3 Å². The second-order valence-electron chi connectivity index (χ2n) is 2.58. The Balaban J connectivity index is 1.98. The normalized spacial score (nSPS) is 36.8. The summed E-state index contributed by atoms with van der Waals surface area (Å²) in [7, 11) is 0. The Hall–Kier alpha value is 0.440. The largest absolute Gasteiger partial charge is 0.328 e. The van der Waals surface area contributed by atoms with Crippen LogP contribution in [-0.4, -0.2) is 11.4 Å². The summed E-state index contributed by atoms with van der Waals surface area (Å²) in [6.07, 6.45) is 3.82. The second-order valence-corrected chi connectivity index (χ2v) is 3.37. The van der Waals surface area contributed by atoms with Gasteiger partial charge in [-0.2, -0.15) is 0 Å². The molecule has 1 aliphatic rings. The van der Waals surface area contributed by atoms with Crippen LogP contribution in [-0.2, 0) is 0 Å². The van der Waals surface area contributed by atoms with Crippen molar-refractivity contribution in [1.82, 2.24) is 0 Å². The molecular formula is C6H12BrN. The first-order valence-electron chi connectivity index (χ1n) is 3.14. The highest BCUT2D eigenvalue weighted by atomic mass is 79.9. The van der Waals surface area contributed by atoms with Gasteiger partial charge in [0.2, 0.25) is 0 Å². The van der Waals surface area contributed by atoms with Gasteiger partial charge in [-0.1, -0.05) is 15.9 Å². The molecule has 0 aromatic carbocycles. The number of rotatable bonds is 2. The molecule has 1 aliphatic carbocycles. The van der Waals surface area contributed by atoms with Crippen molar-refractivity contribution in [3.8, 4) is 0 Å². The molecule has 0 aliphatic heterocycles. The zero-order valence-electron chi connectivity index (χ0n) is 4.94. The van der Waals surface area contributed by atoms with Crippen LogP contribution in [0.2, 0.25) is 0 Å². The predicted octanol–water partition coefficient (Wildman–Crippen LogP) is 1.51. The molecule has 0 spiro atoms. The SMILES string of the molecule is NC1CC(CCBr)C1. The molecule has 0 aromatic heterocycles. The predicted molar refractivity (Wildman–Crippen MR) is 39.1 cm³/mol. The third kappa shape index (κ3) is 1.46. The highest BCUT2D eigenvalue weighted by molar-refractivity contribution is 9.09. The minimum atomic E-state index is 0.527. The molecule has 0 heterocycles. The number of hydrogen-bond acceptors (Lipinski definition) is 1. The molecule has 1 fully saturated rings. The van der Waals surface area contributed by atoms with Gasteiger partial charge in [0.1, 0.15) is 0 Å². The first kappa shape index (κ1) is 6.56. The summed E-state index contributed by atoms with van der Waals surface area (Å²) in [5.41, 5.74) is 5.58. The van der Waals surface area contributed by atoms with E-state index in [2.05, 4.69) is 15.9 Å². The minimum Gasteiger partial charge on any atom is -0.328 e. The number of nitrogens with two attached hydrogens (primary N) is 1. The van der Waals surface area contributed by atoms with Gasteiger partial charge in [-0.25, -0.2) is 0 Å². The van der Waals surface area contributed by atoms with Crippen molar-refractivity contribution < 1.29 is 0 Å². The van der Waals surface area contributed by atoms with Crippen LogP contribution in [0.5, 0.6) is 0 Å². The van der Waals surface area contributed by atoms with Crippen LogP contribution in [0.3, 0.4) is 0 Å². The van der Waals surface area contributed by atoms with Crippen LogP contribution in [0, 0.1) is 5.92 Å². The van der Waals surface area contributed by atoms with Crippen molar-refractivity contribution in [3.63, 3.8) is 0 Å². The summed E-state index contributed by atoms with van der Waals surface area (Å²) in [6, 6.07) is 0.527. The molecule has 1 rings (SSSR count). The maximum atomic E-state index is 5.58. The monoisotopic (exact) mass is 177 g/mol. The molecule has 1 saturated carbocycles. The first-order chi connectivity index (χ1) is 3.83. The summed E-state index contributed by atoms with van der Waals surface area (Å²) in [6.45, 7) is 0. The van der Waals surface area contributed by atoms with E-state index in [9.17, 15) is 0 Å². The van der Waals surface area contributed by atoms with E-state index in [1.807, 2.05) is 0 Å². The van der Waals surface area contributed by atoms with E-state index in [-0.39, 0.29) is 0 Å². The van der Waals surface area contributed by atoms with Crippen molar-refractivity contribution in [3.05, 3.63) is 0 Å². The Morgan fingerprint density at radius 2 is 2.12 bits per heavy atom. The summed E-state index contributed by atoms with van der Waals surface area (Å²) < 4.78 is 0. The topological polar surface area (TPSA) is 26.0 Å². The Kier molecular flexibility index (Phi) is 2.32. The van der Waals surface area contributed by atoms with Gasteiger partial charge < -0.3 is 5.73 Å². The van der Waals surface area contributed by atoms with E-state index >= 15 is 0 Å². The molecule has 1 nitrogen and oxygen atoms in total. The Morgan fingerprint density at radius 3 is 2.50 bits per heavy atom. The maximum Gasteiger partial charge on any atom is 0.00441 e. The van der Waals surface area contributed by atoms with Gasteiger partial charge in [-0.3, -0.25) is 0 Å². The molecule has 0 radical (unpaired) electrons. The van der Waals surface area contributed by atoms with Crippen LogP contribution in [0.4, 0.5) is 0 Å². The third-order valence-corrected chi connectivity index (χ3v) is 2.25. The zero-order chi connectivity index (χ0) is 5.98. The van der Waals surface area contributed by atoms with Crippen molar-refractivity contribution in [1.29, 1.82) is 0 Å². The molecule has 2 N–H and O–H groups in total. The molecule has 0 amide bonds. The number of hydrogen-bond donors (Lipinski definition) is 1. The summed E-state index contributed by atoms with van der Waals surface area (Å²) >= 11 is 3.40. The molecule has 48 valence electrons. The zero-order valence-corrected chi connectivity index (χ0v) is 6.52. The molecule has 0 unspecified atom stereocenters. The molecule has 0 bridgehead atoms. The molecule has 0 aromatic rings. The van der Waals surface area contributed by atoms with Gasteiger partial charge in [-0.05, 0) is 25.2 Å². The average molecular weight is 178 g/mol. The smallest absolute Gasteiger partial charge is 0.00441 e. The van der Waals surface area contributed by atoms with E-state index in [1.54, 1.807) is 0 Å². The Morgan fingerprint density at radius 1 is 1.50 bits per heavy atom. The van der Waals surface area contributed by atoms with E-state index < -0.39 is 0 Å². The quantitative estimate of drug-likeness (QED) is 0.637. The highest BCUT2D eigenvalue weighted by Crippen LogP contribution is 2.28. The van der Waals surface area contributed by atoms with E-state index in [0.29, 0.717) is 6.04 Å². The van der Waals surface area contributed by atoms with Gasteiger partial charge in [0.05, 0.1) is 0 Å². The molecule has 0 saturated heterocycles. The molecule has 2 heteroatoms. The first-order valence-corrected chi connectivity index (χ1v) is 4.26. The van der Waals surface area contributed by atoms with Crippen molar-refractivity contribution in [2.24, 2.45) is 11.7 Å². The highest BCUT2D eigenvalue weighted by Gasteiger charge is 2.24. The van der Waals surface area contributed by atoms with Gasteiger partial charge in [-0.15, -0.1) is 0 Å². The Labute approximate surface area is 58.8 Å². The van der Waals surface area contributed by atoms with Crippen LogP contribution < -0.4 is 5.73 Å². The van der Waals surface area contributed by atoms with Crippen LogP contribution in [0.15, 0.2) is 0 Å². The van der Waals surface area contributed by atoms with E-state index in [1.165, 1.54) is 19.3 Å². The van der Waals surface area contributed by atoms with Crippen LogP contribution >= 0.6 is 15.9 Å². The fourth-order valence-electron chi connectivity index (χ4n) is 1.18. The second kappa shape index (κ2) is 2.83. The van der Waals surface area contributed by atoms with E-state index in [4.69, 9.17) is 5.73 Å². The summed E-state index contributed by atoms with van der Waals surface area (Å²) in [5, 5.41) is 1.14. The van der Waals surface area contributed by atoms with E-state index in [0.717, 1.165) is 11.2 Å². The summed E-state index contributed by atoms with van der Waals surface area (Å²) in [5.74, 6) is 0.935. The van der Waals surface area contributed by atoms with Crippen molar-refractivity contribution in [2.75, 3.05) is 5.33 Å². The lowest BCUT2D eigenvalue weighted by molar-refractivity contribution is 0.260. The average Bonchev–Trinajstić information content (AvgIpc) is 1.64. The van der Waals surface area contributed by atoms with Crippen molar-refractivity contribution in [2.45, 2.75) is 25.3 Å². The van der Waals surface area contributed by atoms with Gasteiger partial charge >= 0.3 is 0 Å². The van der Waals surface area contributed by atoms with Crippen molar-refractivity contribution >= 4 is 15.9 Å². The van der Waals surface area contributed by atoms with Gasteiger partial charge in [0.25, 0.3) is 0 Å². The van der Waals surface area contributed by atoms with Gasteiger partial charge in [0.15, 0.2) is 0 Å². The fourth-order valence-corrected chi connectivity index (χ4v) is 1.82. The number of halogens is 1. The lowest BCUT2D eigenvalue weighted by Gasteiger charge is -2.31. The third-order valence-electron chi connectivity index (χ3n) is 1.79. The summed E-state index contributed by atoms with van der Waals surface area (Å²) in [4.78, 5) is 0. The van der Waals surface area contributed by atoms with Gasteiger partial charge in [0, 0.05) is 11.4 Å². The number of alkyl halides is 1. The fraction of sp³-hybridized carbons (Fsp3) is 1.00. The standard InChI is InChI=1S/C6H12BrN/c7-2-1-5-3-6(8)4-5/h5-6H,1-4,8H2. The molecule has 8 heavy (non-hydrogen) atoms. The minimum absolute atomic E-state index is 0.527.